The number of methoxy groups -OCH3 is 1. The van der Waals surface area contributed by atoms with Gasteiger partial charge < -0.3 is 9.47 Å². The summed E-state index contributed by atoms with van der Waals surface area (Å²) < 4.78 is 10.6. The van der Waals surface area contributed by atoms with E-state index in [2.05, 4.69) is 4.98 Å². The number of carbonyl (C=O) groups excluding carboxylic acids is 1. The zero-order valence-electron chi connectivity index (χ0n) is 13.4. The van der Waals surface area contributed by atoms with Gasteiger partial charge in [-0.05, 0) is 49.4 Å². The van der Waals surface area contributed by atoms with Gasteiger partial charge in [-0.3, -0.25) is 9.78 Å². The van der Waals surface area contributed by atoms with Gasteiger partial charge >= 0.3 is 0 Å². The molecule has 1 heterocycles. The summed E-state index contributed by atoms with van der Waals surface area (Å²) in [4.78, 5) is 17.1. The van der Waals surface area contributed by atoms with E-state index in [1.807, 2.05) is 13.0 Å². The van der Waals surface area contributed by atoms with Crippen molar-refractivity contribution in [1.82, 2.24) is 4.98 Å². The number of halogens is 1. The third kappa shape index (κ3) is 3.05. The molecule has 3 rings (SSSR count). The van der Waals surface area contributed by atoms with Crippen LogP contribution >= 0.6 is 11.6 Å². The third-order valence-electron chi connectivity index (χ3n) is 3.68. The minimum Gasteiger partial charge on any atom is -0.497 e. The van der Waals surface area contributed by atoms with E-state index >= 15 is 0 Å². The van der Waals surface area contributed by atoms with Gasteiger partial charge in [-0.1, -0.05) is 11.6 Å². The van der Waals surface area contributed by atoms with Crippen molar-refractivity contribution in [3.8, 4) is 11.5 Å². The summed E-state index contributed by atoms with van der Waals surface area (Å²) >= 11 is 6.46. The molecule has 4 nitrogen and oxygen atoms in total. The number of rotatable bonds is 5. The Kier molecular flexibility index (Phi) is 4.67. The molecule has 0 saturated carbocycles. The third-order valence-corrected chi connectivity index (χ3v) is 4.09. The molecule has 122 valence electrons. The first-order valence-electron chi connectivity index (χ1n) is 7.54. The van der Waals surface area contributed by atoms with Crippen molar-refractivity contribution in [3.05, 3.63) is 64.8 Å². The minimum absolute atomic E-state index is 0.180. The Morgan fingerprint density at radius 2 is 1.83 bits per heavy atom. The molecule has 0 aliphatic heterocycles. The van der Waals surface area contributed by atoms with E-state index < -0.39 is 0 Å². The van der Waals surface area contributed by atoms with E-state index in [4.69, 9.17) is 21.1 Å². The largest absolute Gasteiger partial charge is 0.497 e. The Labute approximate surface area is 145 Å². The zero-order chi connectivity index (χ0) is 17.1. The van der Waals surface area contributed by atoms with Gasteiger partial charge in [0.05, 0.1) is 29.8 Å². The number of nitrogens with zero attached hydrogens (tertiary/aromatic N) is 1. The second kappa shape index (κ2) is 6.89. The minimum atomic E-state index is -0.180. The Morgan fingerprint density at radius 3 is 2.50 bits per heavy atom. The molecule has 0 bridgehead atoms. The SMILES string of the molecule is CCOc1ccc(C(=O)c2cnc3ccc(OC)cc3c2Cl)cc1. The Bertz CT molecular complexity index is 891. The number of pyridine rings is 1. The van der Waals surface area contributed by atoms with Gasteiger partial charge in [0.2, 0.25) is 0 Å². The summed E-state index contributed by atoms with van der Waals surface area (Å²) in [7, 11) is 1.58. The summed E-state index contributed by atoms with van der Waals surface area (Å²) in [6.07, 6.45) is 1.51. The molecule has 0 saturated heterocycles. The molecule has 0 fully saturated rings. The number of ether oxygens (including phenoxy) is 2. The second-order valence-electron chi connectivity index (χ2n) is 5.16. The molecule has 0 aliphatic rings. The van der Waals surface area contributed by atoms with Gasteiger partial charge in [0.15, 0.2) is 5.78 Å². The summed E-state index contributed by atoms with van der Waals surface area (Å²) in [5.74, 6) is 1.21. The molecule has 5 heteroatoms. The van der Waals surface area contributed by atoms with Gasteiger partial charge in [0, 0.05) is 17.1 Å². The fourth-order valence-electron chi connectivity index (χ4n) is 2.45. The van der Waals surface area contributed by atoms with Crippen molar-refractivity contribution in [1.29, 1.82) is 0 Å². The highest BCUT2D eigenvalue weighted by molar-refractivity contribution is 6.39. The van der Waals surface area contributed by atoms with E-state index in [9.17, 15) is 4.79 Å². The summed E-state index contributed by atoms with van der Waals surface area (Å²) in [5.41, 5.74) is 1.61. The number of aromatic nitrogens is 1. The normalized spacial score (nSPS) is 10.6. The lowest BCUT2D eigenvalue weighted by atomic mass is 10.0. The lowest BCUT2D eigenvalue weighted by molar-refractivity contribution is 0.103. The monoisotopic (exact) mass is 341 g/mol. The molecule has 0 N–H and O–H groups in total. The number of benzene rings is 2. The molecule has 0 unspecified atom stereocenters. The number of fused-ring (bicyclic) bond motifs is 1. The van der Waals surface area contributed by atoms with Gasteiger partial charge in [-0.25, -0.2) is 0 Å². The van der Waals surface area contributed by atoms with Crippen LogP contribution in [-0.4, -0.2) is 24.5 Å². The molecule has 0 amide bonds. The molecule has 1 aromatic heterocycles. The topological polar surface area (TPSA) is 48.4 Å². The average molecular weight is 342 g/mol. The average Bonchev–Trinajstić information content (AvgIpc) is 2.62. The van der Waals surface area contributed by atoms with E-state index in [1.54, 1.807) is 43.5 Å². The van der Waals surface area contributed by atoms with Crippen LogP contribution in [0.4, 0.5) is 0 Å². The summed E-state index contributed by atoms with van der Waals surface area (Å²) in [5, 5.41) is 1.06. The highest BCUT2D eigenvalue weighted by Crippen LogP contribution is 2.30. The number of carbonyl (C=O) groups is 1. The van der Waals surface area contributed by atoms with Crippen molar-refractivity contribution in [2.45, 2.75) is 6.92 Å². The van der Waals surface area contributed by atoms with Crippen LogP contribution in [0.25, 0.3) is 10.9 Å². The Balaban J connectivity index is 2.01. The fraction of sp³-hybridized carbons (Fsp3) is 0.158. The Hall–Kier alpha value is -2.59. The van der Waals surface area contributed by atoms with Crippen LogP contribution in [0.5, 0.6) is 11.5 Å². The molecule has 3 aromatic rings. The van der Waals surface area contributed by atoms with Gasteiger partial charge in [0.25, 0.3) is 0 Å². The van der Waals surface area contributed by atoms with Gasteiger partial charge in [0.1, 0.15) is 11.5 Å². The molecular weight excluding hydrogens is 326 g/mol. The van der Waals surface area contributed by atoms with Crippen LogP contribution in [0.3, 0.4) is 0 Å². The standard InChI is InChI=1S/C19H16ClNO3/c1-3-24-13-6-4-12(5-7-13)19(22)16-11-21-17-9-8-14(23-2)10-15(17)18(16)20/h4-11H,3H2,1-2H3. The van der Waals surface area contributed by atoms with Crippen molar-refractivity contribution in [3.63, 3.8) is 0 Å². The van der Waals surface area contributed by atoms with Crippen LogP contribution in [0, 0.1) is 0 Å². The predicted molar refractivity (Wildman–Crippen MR) is 94.3 cm³/mol. The molecule has 0 spiro atoms. The zero-order valence-corrected chi connectivity index (χ0v) is 14.1. The Morgan fingerprint density at radius 1 is 1.12 bits per heavy atom. The lowest BCUT2D eigenvalue weighted by Gasteiger charge is -2.09. The van der Waals surface area contributed by atoms with Crippen LogP contribution in [0.1, 0.15) is 22.8 Å². The highest BCUT2D eigenvalue weighted by Gasteiger charge is 2.16. The van der Waals surface area contributed by atoms with E-state index in [0.717, 1.165) is 5.75 Å². The van der Waals surface area contributed by atoms with Crippen LogP contribution in [0.15, 0.2) is 48.7 Å². The first-order chi connectivity index (χ1) is 11.6. The van der Waals surface area contributed by atoms with Crippen molar-refractivity contribution < 1.29 is 14.3 Å². The maximum absolute atomic E-state index is 12.7. The molecule has 24 heavy (non-hydrogen) atoms. The lowest BCUT2D eigenvalue weighted by Crippen LogP contribution is -2.04. The van der Waals surface area contributed by atoms with E-state index in [-0.39, 0.29) is 5.78 Å². The molecule has 2 aromatic carbocycles. The van der Waals surface area contributed by atoms with Crippen LogP contribution < -0.4 is 9.47 Å². The molecule has 0 radical (unpaired) electrons. The quantitative estimate of drug-likeness (QED) is 0.640. The van der Waals surface area contributed by atoms with E-state index in [0.29, 0.717) is 39.4 Å². The first kappa shape index (κ1) is 16.3. The van der Waals surface area contributed by atoms with Crippen molar-refractivity contribution in [2.24, 2.45) is 0 Å². The molecule has 0 aliphatic carbocycles. The van der Waals surface area contributed by atoms with Crippen LogP contribution in [0.2, 0.25) is 5.02 Å². The smallest absolute Gasteiger partial charge is 0.196 e. The molecule has 0 atom stereocenters. The fourth-order valence-corrected chi connectivity index (χ4v) is 2.74. The van der Waals surface area contributed by atoms with E-state index in [1.165, 1.54) is 6.20 Å². The first-order valence-corrected chi connectivity index (χ1v) is 7.91. The number of hydrogen-bond acceptors (Lipinski definition) is 4. The number of ketones is 1. The predicted octanol–water partition coefficient (Wildman–Crippen LogP) is 4.53. The summed E-state index contributed by atoms with van der Waals surface area (Å²) in [6, 6.07) is 12.4. The summed E-state index contributed by atoms with van der Waals surface area (Å²) in [6.45, 7) is 2.49. The van der Waals surface area contributed by atoms with Crippen LogP contribution in [-0.2, 0) is 0 Å². The maximum atomic E-state index is 12.7. The number of hydrogen-bond donors (Lipinski definition) is 0. The van der Waals surface area contributed by atoms with Gasteiger partial charge in [-0.15, -0.1) is 0 Å². The molecular formula is C19H16ClNO3. The van der Waals surface area contributed by atoms with Crippen molar-refractivity contribution in [2.75, 3.05) is 13.7 Å². The maximum Gasteiger partial charge on any atom is 0.196 e. The highest BCUT2D eigenvalue weighted by atomic mass is 35.5. The van der Waals surface area contributed by atoms with Crippen molar-refractivity contribution >= 4 is 28.3 Å². The second-order valence-corrected chi connectivity index (χ2v) is 5.53. The van der Waals surface area contributed by atoms with Gasteiger partial charge in [-0.2, -0.15) is 0 Å².